The van der Waals surface area contributed by atoms with Gasteiger partial charge in [0.2, 0.25) is 0 Å². The normalized spacial score (nSPS) is 10.1. The van der Waals surface area contributed by atoms with Gasteiger partial charge in [-0.1, -0.05) is 42.5 Å². The number of rotatable bonds is 5. The largest absolute Gasteiger partial charge is 0.459 e. The minimum Gasteiger partial charge on any atom is -0.459 e. The minimum atomic E-state index is -0.677. The first kappa shape index (κ1) is 17.9. The second kappa shape index (κ2) is 8.48. The Hall–Kier alpha value is -3.87. The number of furan rings is 1. The summed E-state index contributed by atoms with van der Waals surface area (Å²) in [4.78, 5) is 35.3. The maximum Gasteiger partial charge on any atom is 0.338 e. The molecule has 0 radical (unpaired) electrons. The van der Waals surface area contributed by atoms with Gasteiger partial charge in [-0.2, -0.15) is 0 Å². The fraction of sp³-hybridized carbons (Fsp3) is 0.0500. The van der Waals surface area contributed by atoms with Gasteiger partial charge in [0.05, 0.1) is 11.8 Å². The lowest BCUT2D eigenvalue weighted by atomic mass is 10.0. The number of hydrogen-bond donors (Lipinski definition) is 2. The average Bonchev–Trinajstić information content (AvgIpc) is 3.26. The predicted molar refractivity (Wildman–Crippen MR) is 96.5 cm³/mol. The highest BCUT2D eigenvalue weighted by Crippen LogP contribution is 2.19. The summed E-state index contributed by atoms with van der Waals surface area (Å²) < 4.78 is 9.81. The van der Waals surface area contributed by atoms with E-state index in [1.165, 1.54) is 12.3 Å². The average molecular weight is 364 g/mol. The summed E-state index contributed by atoms with van der Waals surface area (Å²) in [6.45, 7) is -0.530. The molecule has 0 spiro atoms. The highest BCUT2D eigenvalue weighted by Gasteiger charge is 2.12. The molecule has 0 aliphatic rings. The third kappa shape index (κ3) is 4.82. The topological polar surface area (TPSA) is 97.6 Å². The molecular weight excluding hydrogens is 348 g/mol. The Balaban J connectivity index is 1.47. The van der Waals surface area contributed by atoms with E-state index in [0.29, 0.717) is 5.56 Å². The van der Waals surface area contributed by atoms with Gasteiger partial charge in [-0.05, 0) is 35.4 Å². The molecule has 0 unspecified atom stereocenters. The highest BCUT2D eigenvalue weighted by molar-refractivity contribution is 5.94. The second-order valence-electron chi connectivity index (χ2n) is 5.50. The van der Waals surface area contributed by atoms with Gasteiger partial charge in [-0.3, -0.25) is 20.4 Å². The third-order valence-corrected chi connectivity index (χ3v) is 3.62. The maximum absolute atomic E-state index is 12.0. The van der Waals surface area contributed by atoms with Crippen LogP contribution in [-0.2, 0) is 9.53 Å². The van der Waals surface area contributed by atoms with E-state index < -0.39 is 24.4 Å². The van der Waals surface area contributed by atoms with E-state index in [1.54, 1.807) is 30.3 Å². The third-order valence-electron chi connectivity index (χ3n) is 3.62. The Labute approximate surface area is 154 Å². The molecule has 3 rings (SSSR count). The van der Waals surface area contributed by atoms with E-state index in [2.05, 4.69) is 10.9 Å². The number of hydrazine groups is 1. The molecule has 7 heteroatoms. The number of esters is 1. The van der Waals surface area contributed by atoms with Gasteiger partial charge in [0.25, 0.3) is 5.91 Å². The molecule has 7 nitrogen and oxygen atoms in total. The molecule has 136 valence electrons. The van der Waals surface area contributed by atoms with Crippen molar-refractivity contribution in [2.45, 2.75) is 0 Å². The standard InChI is InChI=1S/C20H16N2O5/c23-18(21-22-19(24)17-7-4-12-26-17)13-27-20(25)16-10-8-15(9-11-16)14-5-2-1-3-6-14/h1-12H,13H2,(H,21,23)(H,22,24). The predicted octanol–water partition coefficient (Wildman–Crippen LogP) is 2.56. The number of carbonyl (C=O) groups is 3. The van der Waals surface area contributed by atoms with Gasteiger partial charge in [-0.25, -0.2) is 4.79 Å². The lowest BCUT2D eigenvalue weighted by Crippen LogP contribution is -2.43. The summed E-state index contributed by atoms with van der Waals surface area (Å²) in [6, 6.07) is 19.6. The first-order valence-electron chi connectivity index (χ1n) is 8.09. The van der Waals surface area contributed by atoms with Crippen LogP contribution in [-0.4, -0.2) is 24.4 Å². The molecule has 0 aliphatic carbocycles. The van der Waals surface area contributed by atoms with Crippen molar-refractivity contribution in [3.8, 4) is 11.1 Å². The van der Waals surface area contributed by atoms with E-state index in [-0.39, 0.29) is 5.76 Å². The van der Waals surface area contributed by atoms with Crippen LogP contribution in [0.4, 0.5) is 0 Å². The van der Waals surface area contributed by atoms with Crippen LogP contribution >= 0.6 is 0 Å². The Morgan fingerprint density at radius 2 is 1.52 bits per heavy atom. The summed E-state index contributed by atoms with van der Waals surface area (Å²) in [5.74, 6) is -1.88. The maximum atomic E-state index is 12.0. The van der Waals surface area contributed by atoms with Crippen molar-refractivity contribution in [3.63, 3.8) is 0 Å². The first-order chi connectivity index (χ1) is 13.1. The monoisotopic (exact) mass is 364 g/mol. The number of carbonyl (C=O) groups excluding carboxylic acids is 3. The summed E-state index contributed by atoms with van der Waals surface area (Å²) in [5.41, 5.74) is 6.60. The minimum absolute atomic E-state index is 0.0470. The molecule has 2 N–H and O–H groups in total. The van der Waals surface area contributed by atoms with E-state index >= 15 is 0 Å². The van der Waals surface area contributed by atoms with Crippen molar-refractivity contribution >= 4 is 17.8 Å². The Morgan fingerprint density at radius 3 is 2.19 bits per heavy atom. The molecule has 0 bridgehead atoms. The quantitative estimate of drug-likeness (QED) is 0.536. The molecule has 0 fully saturated rings. The van der Waals surface area contributed by atoms with Crippen LogP contribution in [0.5, 0.6) is 0 Å². The van der Waals surface area contributed by atoms with E-state index in [9.17, 15) is 14.4 Å². The molecule has 0 atom stereocenters. The SMILES string of the molecule is O=C(COC(=O)c1ccc(-c2ccccc2)cc1)NNC(=O)c1ccco1. The molecular formula is C20H16N2O5. The number of nitrogens with one attached hydrogen (secondary N) is 2. The molecule has 1 heterocycles. The van der Waals surface area contributed by atoms with Gasteiger partial charge >= 0.3 is 11.9 Å². The van der Waals surface area contributed by atoms with Crippen molar-refractivity contribution in [1.82, 2.24) is 10.9 Å². The Kier molecular flexibility index (Phi) is 5.64. The van der Waals surface area contributed by atoms with Gasteiger partial charge in [0, 0.05) is 0 Å². The van der Waals surface area contributed by atoms with Gasteiger partial charge in [0.1, 0.15) is 0 Å². The van der Waals surface area contributed by atoms with Crippen molar-refractivity contribution in [1.29, 1.82) is 0 Å². The van der Waals surface area contributed by atoms with Crippen molar-refractivity contribution in [2.75, 3.05) is 6.61 Å². The second-order valence-corrected chi connectivity index (χ2v) is 5.50. The van der Waals surface area contributed by atoms with Crippen LogP contribution in [0.25, 0.3) is 11.1 Å². The van der Waals surface area contributed by atoms with E-state index in [4.69, 9.17) is 9.15 Å². The lowest BCUT2D eigenvalue weighted by molar-refractivity contribution is -0.125. The van der Waals surface area contributed by atoms with Crippen LogP contribution in [0.15, 0.2) is 77.4 Å². The van der Waals surface area contributed by atoms with Crippen molar-refractivity contribution in [3.05, 3.63) is 84.3 Å². The van der Waals surface area contributed by atoms with Gasteiger partial charge in [0.15, 0.2) is 12.4 Å². The molecule has 0 saturated heterocycles. The Bertz CT molecular complexity index is 919. The number of benzene rings is 2. The number of ether oxygens (including phenoxy) is 1. The van der Waals surface area contributed by atoms with Crippen molar-refractivity contribution < 1.29 is 23.5 Å². The van der Waals surface area contributed by atoms with Gasteiger partial charge in [-0.15, -0.1) is 0 Å². The summed E-state index contributed by atoms with van der Waals surface area (Å²) in [6.07, 6.45) is 1.33. The molecule has 27 heavy (non-hydrogen) atoms. The smallest absolute Gasteiger partial charge is 0.338 e. The summed E-state index contributed by atoms with van der Waals surface area (Å²) in [7, 11) is 0. The van der Waals surface area contributed by atoms with Crippen LogP contribution < -0.4 is 10.9 Å². The van der Waals surface area contributed by atoms with Crippen molar-refractivity contribution in [2.24, 2.45) is 0 Å². The van der Waals surface area contributed by atoms with Crippen LogP contribution in [0.1, 0.15) is 20.9 Å². The molecule has 0 aliphatic heterocycles. The molecule has 1 aromatic heterocycles. The highest BCUT2D eigenvalue weighted by atomic mass is 16.5. The molecule has 0 saturated carbocycles. The first-order valence-corrected chi connectivity index (χ1v) is 8.09. The zero-order chi connectivity index (χ0) is 19.1. The van der Waals surface area contributed by atoms with Crippen LogP contribution in [0, 0.1) is 0 Å². The fourth-order valence-electron chi connectivity index (χ4n) is 2.28. The molecule has 3 aromatic rings. The zero-order valence-electron chi connectivity index (χ0n) is 14.2. The Morgan fingerprint density at radius 1 is 0.815 bits per heavy atom. The molecule has 2 aromatic carbocycles. The molecule has 2 amide bonds. The number of hydrogen-bond acceptors (Lipinski definition) is 5. The lowest BCUT2D eigenvalue weighted by Gasteiger charge is -2.07. The van der Waals surface area contributed by atoms with Crippen LogP contribution in [0.2, 0.25) is 0 Å². The van der Waals surface area contributed by atoms with E-state index in [0.717, 1.165) is 11.1 Å². The summed E-state index contributed by atoms with van der Waals surface area (Å²) in [5, 5.41) is 0. The summed E-state index contributed by atoms with van der Waals surface area (Å²) >= 11 is 0. The fourth-order valence-corrected chi connectivity index (χ4v) is 2.28. The van der Waals surface area contributed by atoms with E-state index in [1.807, 2.05) is 30.3 Å². The number of amides is 2. The van der Waals surface area contributed by atoms with Crippen LogP contribution in [0.3, 0.4) is 0 Å². The zero-order valence-corrected chi connectivity index (χ0v) is 14.2. The van der Waals surface area contributed by atoms with Gasteiger partial charge < -0.3 is 9.15 Å².